The molecule has 0 aliphatic heterocycles. The fourth-order valence-corrected chi connectivity index (χ4v) is 2.33. The summed E-state index contributed by atoms with van der Waals surface area (Å²) >= 11 is 0. The number of aryl methyl sites for hydroxylation is 1. The van der Waals surface area contributed by atoms with Gasteiger partial charge in [-0.05, 0) is 26.0 Å². The lowest BCUT2D eigenvalue weighted by molar-refractivity contribution is -0.141. The molecule has 2 aromatic rings. The van der Waals surface area contributed by atoms with E-state index in [1.54, 1.807) is 6.92 Å². The quantitative estimate of drug-likeness (QED) is 0.852. The minimum atomic E-state index is -0.922. The molecule has 0 saturated carbocycles. The first kappa shape index (κ1) is 16.7. The number of nitrogens with one attached hydrogen (secondary N) is 1. The van der Waals surface area contributed by atoms with E-state index >= 15 is 0 Å². The molecule has 0 fully saturated rings. The number of carboxylic acid groups (broad SMARTS) is 1. The van der Waals surface area contributed by atoms with E-state index in [1.165, 1.54) is 0 Å². The van der Waals surface area contributed by atoms with Gasteiger partial charge in [-0.25, -0.2) is 4.68 Å². The number of carbonyl (C=O) groups is 2. The molecule has 6 nitrogen and oxygen atoms in total. The maximum absolute atomic E-state index is 12.0. The number of para-hydroxylation sites is 1. The van der Waals surface area contributed by atoms with Gasteiger partial charge >= 0.3 is 5.97 Å². The van der Waals surface area contributed by atoms with Crippen molar-refractivity contribution in [3.8, 4) is 5.69 Å². The molecule has 23 heavy (non-hydrogen) atoms. The molecule has 1 atom stereocenters. The molecule has 0 bridgehead atoms. The van der Waals surface area contributed by atoms with E-state index in [1.807, 2.05) is 48.9 Å². The van der Waals surface area contributed by atoms with Crippen molar-refractivity contribution in [1.82, 2.24) is 15.1 Å². The molecule has 0 radical (unpaired) electrons. The van der Waals surface area contributed by atoms with E-state index in [2.05, 4.69) is 10.4 Å². The van der Waals surface area contributed by atoms with Crippen LogP contribution in [0, 0.1) is 19.8 Å². The summed E-state index contributed by atoms with van der Waals surface area (Å²) in [5, 5.41) is 16.0. The SMILES string of the molecule is Cc1nn(-c2ccccc2)c(C)c1CC(=O)NCC(C)C(=O)O. The van der Waals surface area contributed by atoms with E-state index in [-0.39, 0.29) is 18.9 Å². The van der Waals surface area contributed by atoms with E-state index in [0.717, 1.165) is 22.6 Å². The monoisotopic (exact) mass is 315 g/mol. The molecular formula is C17H21N3O3. The summed E-state index contributed by atoms with van der Waals surface area (Å²) in [4.78, 5) is 22.8. The van der Waals surface area contributed by atoms with Gasteiger partial charge in [-0.3, -0.25) is 9.59 Å². The number of aromatic nitrogens is 2. The van der Waals surface area contributed by atoms with Gasteiger partial charge in [-0.2, -0.15) is 5.10 Å². The third-order valence-corrected chi connectivity index (χ3v) is 3.81. The van der Waals surface area contributed by atoms with E-state index in [4.69, 9.17) is 5.11 Å². The number of hydrogen-bond donors (Lipinski definition) is 2. The van der Waals surface area contributed by atoms with Crippen molar-refractivity contribution in [2.45, 2.75) is 27.2 Å². The fourth-order valence-electron chi connectivity index (χ4n) is 2.33. The molecule has 1 amide bonds. The molecule has 6 heteroatoms. The maximum atomic E-state index is 12.0. The van der Waals surface area contributed by atoms with Crippen LogP contribution in [0.25, 0.3) is 5.69 Å². The summed E-state index contributed by atoms with van der Waals surface area (Å²) in [6.07, 6.45) is 0.191. The largest absolute Gasteiger partial charge is 0.481 e. The van der Waals surface area contributed by atoms with Crippen LogP contribution < -0.4 is 5.32 Å². The van der Waals surface area contributed by atoms with Crippen LogP contribution in [0.1, 0.15) is 23.9 Å². The van der Waals surface area contributed by atoms with Crippen molar-refractivity contribution in [2.24, 2.45) is 5.92 Å². The van der Waals surface area contributed by atoms with E-state index in [9.17, 15) is 9.59 Å². The Labute approximate surface area is 135 Å². The number of carboxylic acids is 1. The predicted octanol–water partition coefficient (Wildman–Crippen LogP) is 1.87. The lowest BCUT2D eigenvalue weighted by atomic mass is 10.1. The molecule has 0 saturated heterocycles. The summed E-state index contributed by atoms with van der Waals surface area (Å²) in [7, 11) is 0. The molecule has 1 aromatic heterocycles. The van der Waals surface area contributed by atoms with Gasteiger partial charge < -0.3 is 10.4 Å². The van der Waals surface area contributed by atoms with Gasteiger partial charge in [0.25, 0.3) is 0 Å². The van der Waals surface area contributed by atoms with Gasteiger partial charge in [-0.1, -0.05) is 25.1 Å². The van der Waals surface area contributed by atoms with Gasteiger partial charge in [0.15, 0.2) is 0 Å². The highest BCUT2D eigenvalue weighted by molar-refractivity contribution is 5.80. The Morgan fingerprint density at radius 2 is 1.91 bits per heavy atom. The zero-order chi connectivity index (χ0) is 17.0. The van der Waals surface area contributed by atoms with Crippen LogP contribution in [0.5, 0.6) is 0 Å². The summed E-state index contributed by atoms with van der Waals surface area (Å²) in [5.41, 5.74) is 3.52. The van der Waals surface area contributed by atoms with Gasteiger partial charge in [0.05, 0.1) is 23.7 Å². The van der Waals surface area contributed by atoms with Crippen LogP contribution in [0.4, 0.5) is 0 Å². The average Bonchev–Trinajstić information content (AvgIpc) is 2.81. The second-order valence-corrected chi connectivity index (χ2v) is 5.62. The number of carbonyl (C=O) groups excluding carboxylic acids is 1. The van der Waals surface area contributed by atoms with Crippen LogP contribution in [0.3, 0.4) is 0 Å². The zero-order valence-electron chi connectivity index (χ0n) is 13.5. The smallest absolute Gasteiger partial charge is 0.308 e. The molecule has 122 valence electrons. The Balaban J connectivity index is 2.11. The van der Waals surface area contributed by atoms with Gasteiger partial charge in [0.1, 0.15) is 0 Å². The summed E-state index contributed by atoms with van der Waals surface area (Å²) in [6.45, 7) is 5.48. The Hall–Kier alpha value is -2.63. The average molecular weight is 315 g/mol. The van der Waals surface area contributed by atoms with Crippen LogP contribution in [-0.2, 0) is 16.0 Å². The molecule has 0 spiro atoms. The highest BCUT2D eigenvalue weighted by atomic mass is 16.4. The number of amides is 1. The van der Waals surface area contributed by atoms with E-state index < -0.39 is 11.9 Å². The molecule has 1 aromatic carbocycles. The van der Waals surface area contributed by atoms with Crippen LogP contribution in [0.15, 0.2) is 30.3 Å². The highest BCUT2D eigenvalue weighted by Gasteiger charge is 2.17. The minimum absolute atomic E-state index is 0.124. The van der Waals surface area contributed by atoms with Crippen molar-refractivity contribution in [3.63, 3.8) is 0 Å². The second-order valence-electron chi connectivity index (χ2n) is 5.62. The van der Waals surface area contributed by atoms with Crippen molar-refractivity contribution < 1.29 is 14.7 Å². The van der Waals surface area contributed by atoms with Crippen molar-refractivity contribution in [2.75, 3.05) is 6.54 Å². The first-order valence-corrected chi connectivity index (χ1v) is 7.50. The Morgan fingerprint density at radius 3 is 2.52 bits per heavy atom. The van der Waals surface area contributed by atoms with Gasteiger partial charge in [-0.15, -0.1) is 0 Å². The first-order chi connectivity index (χ1) is 10.9. The van der Waals surface area contributed by atoms with Crippen molar-refractivity contribution in [1.29, 1.82) is 0 Å². The van der Waals surface area contributed by atoms with Crippen LogP contribution in [0.2, 0.25) is 0 Å². The maximum Gasteiger partial charge on any atom is 0.308 e. The summed E-state index contributed by atoms with van der Waals surface area (Å²) in [6, 6.07) is 9.72. The second kappa shape index (κ2) is 7.09. The lowest BCUT2D eigenvalue weighted by Crippen LogP contribution is -2.32. The molecule has 1 heterocycles. The van der Waals surface area contributed by atoms with Gasteiger partial charge in [0.2, 0.25) is 5.91 Å². The van der Waals surface area contributed by atoms with Crippen LogP contribution >= 0.6 is 0 Å². The topological polar surface area (TPSA) is 84.2 Å². The molecule has 0 aliphatic carbocycles. The third kappa shape index (κ3) is 3.97. The molecule has 1 unspecified atom stereocenters. The number of rotatable bonds is 6. The molecule has 2 rings (SSSR count). The minimum Gasteiger partial charge on any atom is -0.481 e. The highest BCUT2D eigenvalue weighted by Crippen LogP contribution is 2.18. The normalized spacial score (nSPS) is 12.0. The fraction of sp³-hybridized carbons (Fsp3) is 0.353. The number of hydrogen-bond acceptors (Lipinski definition) is 3. The number of benzene rings is 1. The molecule has 2 N–H and O–H groups in total. The van der Waals surface area contributed by atoms with Crippen molar-refractivity contribution in [3.05, 3.63) is 47.3 Å². The Bertz CT molecular complexity index is 707. The predicted molar refractivity (Wildman–Crippen MR) is 86.6 cm³/mol. The van der Waals surface area contributed by atoms with Gasteiger partial charge in [0, 0.05) is 17.8 Å². The van der Waals surface area contributed by atoms with E-state index in [0.29, 0.717) is 0 Å². The summed E-state index contributed by atoms with van der Waals surface area (Å²) < 4.78 is 1.82. The molecular weight excluding hydrogens is 294 g/mol. The Morgan fingerprint density at radius 1 is 1.26 bits per heavy atom. The van der Waals surface area contributed by atoms with Crippen LogP contribution in [-0.4, -0.2) is 33.3 Å². The lowest BCUT2D eigenvalue weighted by Gasteiger charge is -2.09. The number of nitrogens with zero attached hydrogens (tertiary/aromatic N) is 2. The standard InChI is InChI=1S/C17H21N3O3/c1-11(17(22)23)10-18-16(21)9-15-12(2)19-20(13(15)3)14-7-5-4-6-8-14/h4-8,11H,9-10H2,1-3H3,(H,18,21)(H,22,23). The summed E-state index contributed by atoms with van der Waals surface area (Å²) in [5.74, 6) is -1.72. The molecule has 0 aliphatic rings. The third-order valence-electron chi connectivity index (χ3n) is 3.81. The van der Waals surface area contributed by atoms with Crippen molar-refractivity contribution >= 4 is 11.9 Å². The number of aliphatic carboxylic acids is 1. The first-order valence-electron chi connectivity index (χ1n) is 7.50. The zero-order valence-corrected chi connectivity index (χ0v) is 13.5. The Kier molecular flexibility index (Phi) is 5.16.